The predicted molar refractivity (Wildman–Crippen MR) is 461 cm³/mol. The number of ketones is 1. The van der Waals surface area contributed by atoms with Gasteiger partial charge in [-0.25, -0.2) is 9.59 Å². The second-order valence-corrected chi connectivity index (χ2v) is 41.3. The van der Waals surface area contributed by atoms with Crippen LogP contribution in [0.25, 0.3) is 22.3 Å². The van der Waals surface area contributed by atoms with E-state index in [9.17, 15) is 33.9 Å². The standard InChI is InChI=1S/C45H56N2O5Si.C43H52N2O6Si.C4H8O.C2H5Cl/c1-7-34(48)31-47(28-18-19-29-52-53(45(4,5)6,35-20-10-8-11-21-35)36-22-12-9-13-23-36)43(49)42(30-33(2)3)46-44(50)51-32-41-39-26-16-14-24-37(39)38-25-15-17-27-40(38)41;1-31(2)28-39(44-42(49)50-30-38-36-24-14-12-22-34(36)35-23-13-15-25-37(35)38)41(48)45(29-40(46)47)26-16-17-27-51-52(43(3,4)5,32-18-8-6-9-19-32)33-20-10-7-11-21-33;1-2-4-5-3-1;1-2-3/h8-17,20-27,33,41-42H,7,18-19,28-32H2,1-6H3,(H,46,50);6-15,18-25,31,38-39H,16-17,26-30H2,1-5H3,(H,44,49)(H,46,47);1-4H2;2H2,1H3/t42-;39-;;/m00../s1. The molecular formula is C94H121ClN4O12Si2. The molecular weight excluding hydrogens is 1470 g/mol. The van der Waals surface area contributed by atoms with Gasteiger partial charge in [-0.05, 0) is 139 Å². The number of aliphatic carboxylic acids is 1. The molecule has 3 N–H and O–H groups in total. The molecule has 1 saturated heterocycles. The fraction of sp³-hybridized carbons (Fsp3) is 0.426. The number of alkyl halides is 1. The number of hydrogen-bond acceptors (Lipinski definition) is 11. The number of alkyl carbamates (subject to hydrolysis) is 2. The molecule has 8 aromatic rings. The second kappa shape index (κ2) is 44.0. The highest BCUT2D eigenvalue weighted by atomic mass is 35.5. The Hall–Kier alpha value is -9.02. The highest BCUT2D eigenvalue weighted by molar-refractivity contribution is 7.00. The van der Waals surface area contributed by atoms with Crippen molar-refractivity contribution in [2.45, 2.75) is 175 Å². The second-order valence-electron chi connectivity index (χ2n) is 32.1. The zero-order chi connectivity index (χ0) is 81.6. The molecule has 2 aliphatic carbocycles. The highest BCUT2D eigenvalue weighted by Crippen LogP contribution is 2.46. The van der Waals surface area contributed by atoms with Crippen LogP contribution in [0, 0.1) is 11.8 Å². The smallest absolute Gasteiger partial charge is 0.407 e. The van der Waals surface area contributed by atoms with E-state index in [1.807, 2.05) is 114 Å². The van der Waals surface area contributed by atoms with Crippen LogP contribution in [0.3, 0.4) is 0 Å². The van der Waals surface area contributed by atoms with Crippen molar-refractivity contribution in [3.05, 3.63) is 241 Å². The molecule has 19 heteroatoms. The number of halogens is 1. The molecule has 0 bridgehead atoms. The van der Waals surface area contributed by atoms with E-state index in [1.165, 1.54) is 38.5 Å². The number of carbonyl (C=O) groups is 6. The molecule has 3 aliphatic rings. The molecule has 113 heavy (non-hydrogen) atoms. The van der Waals surface area contributed by atoms with E-state index in [0.29, 0.717) is 64.7 Å². The summed E-state index contributed by atoms with van der Waals surface area (Å²) in [7, 11) is -5.41. The molecule has 0 radical (unpaired) electrons. The Balaban J connectivity index is 0.000000258. The van der Waals surface area contributed by atoms with Gasteiger partial charge in [0.15, 0.2) is 5.78 Å². The number of amides is 4. The Kier molecular flexibility index (Phi) is 34.9. The normalized spacial score (nSPS) is 13.5. The number of hydrogen-bond donors (Lipinski definition) is 3. The number of fused-ring (bicyclic) bond motifs is 6. The third kappa shape index (κ3) is 24.3. The molecule has 8 aromatic carbocycles. The number of carboxylic acids is 1. The number of ether oxygens (including phenoxy) is 3. The number of nitrogens with one attached hydrogen (secondary N) is 2. The molecule has 11 rings (SSSR count). The molecule has 0 unspecified atom stereocenters. The zero-order valence-electron chi connectivity index (χ0n) is 68.6. The van der Waals surface area contributed by atoms with Crippen molar-refractivity contribution in [3.63, 3.8) is 0 Å². The number of rotatable bonds is 33. The van der Waals surface area contributed by atoms with Crippen molar-refractivity contribution in [2.24, 2.45) is 11.8 Å². The van der Waals surface area contributed by atoms with Gasteiger partial charge >= 0.3 is 18.2 Å². The lowest BCUT2D eigenvalue weighted by Crippen LogP contribution is -2.66. The molecule has 1 heterocycles. The van der Waals surface area contributed by atoms with E-state index < -0.39 is 59.3 Å². The number of nitrogens with zero attached hydrogens (tertiary/aromatic N) is 2. The Labute approximate surface area is 679 Å². The van der Waals surface area contributed by atoms with Gasteiger partial charge in [-0.2, -0.15) is 0 Å². The van der Waals surface area contributed by atoms with Gasteiger partial charge in [0, 0.05) is 63.7 Å². The summed E-state index contributed by atoms with van der Waals surface area (Å²) in [5, 5.41) is 19.9. The average Bonchev–Trinajstić information content (AvgIpc) is 1.74. The third-order valence-electron chi connectivity index (χ3n) is 20.9. The average molecular weight is 1590 g/mol. The maximum absolute atomic E-state index is 14.2. The Morgan fingerprint density at radius 2 is 0.752 bits per heavy atom. The van der Waals surface area contributed by atoms with Crippen molar-refractivity contribution in [3.8, 4) is 22.3 Å². The number of benzene rings is 8. The summed E-state index contributed by atoms with van der Waals surface area (Å²) >= 11 is 5.00. The van der Waals surface area contributed by atoms with Crippen molar-refractivity contribution in [1.29, 1.82) is 0 Å². The van der Waals surface area contributed by atoms with E-state index >= 15 is 0 Å². The first kappa shape index (κ1) is 89.5. The molecule has 2 atom stereocenters. The van der Waals surface area contributed by atoms with Crippen molar-refractivity contribution >= 4 is 84.7 Å². The van der Waals surface area contributed by atoms with E-state index in [2.05, 4.69) is 198 Å². The lowest BCUT2D eigenvalue weighted by molar-refractivity contribution is -0.145. The summed E-state index contributed by atoms with van der Waals surface area (Å²) in [6.07, 6.45) is 4.85. The summed E-state index contributed by atoms with van der Waals surface area (Å²) in [5.74, 6) is -1.12. The van der Waals surface area contributed by atoms with Gasteiger partial charge in [0.2, 0.25) is 11.8 Å². The fourth-order valence-corrected chi connectivity index (χ4v) is 24.9. The van der Waals surface area contributed by atoms with Crippen LogP contribution in [0.5, 0.6) is 0 Å². The highest BCUT2D eigenvalue weighted by Gasteiger charge is 2.51. The quantitative estimate of drug-likeness (QED) is 0.0200. The molecule has 604 valence electrons. The van der Waals surface area contributed by atoms with Crippen LogP contribution >= 0.6 is 11.6 Å². The number of carbonyl (C=O) groups excluding carboxylic acids is 5. The van der Waals surface area contributed by atoms with E-state index in [1.54, 1.807) is 4.90 Å². The number of Topliss-reactive ketones (excluding diaryl/α,β-unsaturated/α-hetero) is 1. The Morgan fingerprint density at radius 1 is 0.460 bits per heavy atom. The van der Waals surface area contributed by atoms with Crippen LogP contribution in [-0.4, -0.2) is 151 Å². The van der Waals surface area contributed by atoms with Crippen LogP contribution in [0.2, 0.25) is 10.1 Å². The Bertz CT molecular complexity index is 4110. The molecule has 4 amide bonds. The van der Waals surface area contributed by atoms with Gasteiger partial charge in [-0.3, -0.25) is 19.2 Å². The van der Waals surface area contributed by atoms with Gasteiger partial charge in [0.25, 0.3) is 16.6 Å². The number of unbranched alkanes of at least 4 members (excludes halogenated alkanes) is 2. The predicted octanol–water partition coefficient (Wildman–Crippen LogP) is 17.4. The fourth-order valence-electron chi connectivity index (χ4n) is 15.7. The monoisotopic (exact) mass is 1590 g/mol. The molecule has 16 nitrogen and oxygen atoms in total. The van der Waals surface area contributed by atoms with Gasteiger partial charge < -0.3 is 48.6 Å². The lowest BCUT2D eigenvalue weighted by atomic mass is 9.98. The summed E-state index contributed by atoms with van der Waals surface area (Å²) < 4.78 is 30.6. The maximum atomic E-state index is 14.2. The van der Waals surface area contributed by atoms with E-state index in [0.717, 1.165) is 63.6 Å². The molecule has 0 spiro atoms. The van der Waals surface area contributed by atoms with Crippen molar-refractivity contribution in [1.82, 2.24) is 20.4 Å². The summed E-state index contributed by atoms with van der Waals surface area (Å²) in [5.41, 5.74) is 8.99. The number of carboxylic acid groups (broad SMARTS) is 1. The first-order valence-corrected chi connectivity index (χ1v) is 44.8. The van der Waals surface area contributed by atoms with Crippen LogP contribution < -0.4 is 31.4 Å². The summed E-state index contributed by atoms with van der Waals surface area (Å²) in [6, 6.07) is 72.8. The SMILES string of the molecule is C1CCOC1.CC(C)C[C@H](NC(=O)OCC1c2ccccc2-c2ccccc21)C(=O)N(CCCCO[Si](c1ccccc1)(c1ccccc1)C(C)(C)C)CC(=O)O.CCC(=O)CN(CCCCO[Si](c1ccccc1)(c1ccccc1)C(C)(C)C)C(=O)[C@H](CC(C)C)NC(=O)OCC1c2ccccc2-c2ccccc21.CCCl. The first-order valence-electron chi connectivity index (χ1n) is 40.5. The van der Waals surface area contributed by atoms with E-state index in [4.69, 9.17) is 34.7 Å². The molecule has 0 saturated carbocycles. The van der Waals surface area contributed by atoms with Gasteiger partial charge in [0.1, 0.15) is 31.8 Å². The van der Waals surface area contributed by atoms with Crippen molar-refractivity contribution in [2.75, 3.05) is 71.7 Å². The van der Waals surface area contributed by atoms with Gasteiger partial charge in [0.05, 0.1) is 6.54 Å². The summed E-state index contributed by atoms with van der Waals surface area (Å²) in [4.78, 5) is 82.3. The minimum atomic E-state index is -2.72. The van der Waals surface area contributed by atoms with Crippen LogP contribution in [0.15, 0.2) is 218 Å². The molecule has 1 fully saturated rings. The lowest BCUT2D eigenvalue weighted by Gasteiger charge is -2.43. The molecule has 1 aliphatic heterocycles. The topological polar surface area (TPSA) is 199 Å². The molecule has 0 aromatic heterocycles. The zero-order valence-corrected chi connectivity index (χ0v) is 71.4. The van der Waals surface area contributed by atoms with Crippen molar-refractivity contribution < 1.29 is 56.9 Å². The third-order valence-corrected chi connectivity index (χ3v) is 31.0. The minimum absolute atomic E-state index is 0.00582. The Morgan fingerprint density at radius 3 is 1.02 bits per heavy atom. The minimum Gasteiger partial charge on any atom is -0.480 e. The largest absolute Gasteiger partial charge is 0.480 e. The maximum Gasteiger partial charge on any atom is 0.407 e. The van der Waals surface area contributed by atoms with Crippen LogP contribution in [-0.2, 0) is 42.2 Å². The summed E-state index contributed by atoms with van der Waals surface area (Å²) in [6.45, 7) is 28.5. The van der Waals surface area contributed by atoms with Crippen LogP contribution in [0.4, 0.5) is 9.59 Å². The van der Waals surface area contributed by atoms with Gasteiger partial charge in [-0.15, -0.1) is 11.6 Å². The van der Waals surface area contributed by atoms with E-state index in [-0.39, 0.29) is 71.7 Å². The first-order chi connectivity index (χ1) is 54.3. The van der Waals surface area contributed by atoms with Gasteiger partial charge in [-0.1, -0.05) is 301 Å². The van der Waals surface area contributed by atoms with Crippen LogP contribution in [0.1, 0.15) is 175 Å².